The number of halogens is 1. The highest BCUT2D eigenvalue weighted by Crippen LogP contribution is 2.43. The van der Waals surface area contributed by atoms with Crippen LogP contribution in [0.1, 0.15) is 23.2 Å². The van der Waals surface area contributed by atoms with Crippen molar-refractivity contribution in [3.63, 3.8) is 0 Å². The van der Waals surface area contributed by atoms with Gasteiger partial charge in [0.05, 0.1) is 15.7 Å². The summed E-state index contributed by atoms with van der Waals surface area (Å²) in [6, 6.07) is 6.19. The lowest BCUT2D eigenvalue weighted by Crippen LogP contribution is -2.64. The van der Waals surface area contributed by atoms with Gasteiger partial charge >= 0.3 is 0 Å². The molecule has 4 bridgehead atoms. The fourth-order valence-corrected chi connectivity index (χ4v) is 5.59. The number of nitrogens with one attached hydrogen (secondary N) is 1. The maximum absolute atomic E-state index is 12.7. The van der Waals surface area contributed by atoms with E-state index >= 15 is 0 Å². The van der Waals surface area contributed by atoms with Gasteiger partial charge < -0.3 is 10.2 Å². The lowest BCUT2D eigenvalue weighted by molar-refractivity contribution is -0.0418. The number of carbonyl (C=O) groups excluding carboxylic acids is 1. The van der Waals surface area contributed by atoms with Crippen LogP contribution in [0, 0.1) is 17.8 Å². The maximum atomic E-state index is 12.7. The molecule has 3 saturated heterocycles. The molecule has 1 amide bonds. The summed E-state index contributed by atoms with van der Waals surface area (Å²) < 4.78 is 1.09. The number of nitrogens with zero attached hydrogens (tertiary/aromatic N) is 2. The molecular formula is C17H20ClN3OS. The zero-order valence-corrected chi connectivity index (χ0v) is 14.4. The highest BCUT2D eigenvalue weighted by atomic mass is 35.5. The highest BCUT2D eigenvalue weighted by molar-refractivity contribution is 7.16. The number of benzene rings is 1. The summed E-state index contributed by atoms with van der Waals surface area (Å²) in [4.78, 5) is 19.5. The van der Waals surface area contributed by atoms with E-state index in [0.717, 1.165) is 21.7 Å². The molecule has 0 spiro atoms. The number of fused-ring (bicyclic) bond motifs is 1. The van der Waals surface area contributed by atoms with Gasteiger partial charge in [-0.1, -0.05) is 0 Å². The second-order valence-electron chi connectivity index (χ2n) is 7.11. The quantitative estimate of drug-likeness (QED) is 0.906. The van der Waals surface area contributed by atoms with Crippen molar-refractivity contribution >= 4 is 39.9 Å². The van der Waals surface area contributed by atoms with Crippen molar-refractivity contribution in [2.24, 2.45) is 17.8 Å². The molecule has 23 heavy (non-hydrogen) atoms. The first-order valence-electron chi connectivity index (χ1n) is 8.13. The van der Waals surface area contributed by atoms with Gasteiger partial charge in [0.2, 0.25) is 0 Å². The fourth-order valence-electron chi connectivity index (χ4n) is 4.87. The van der Waals surface area contributed by atoms with Crippen LogP contribution in [0.15, 0.2) is 23.7 Å². The van der Waals surface area contributed by atoms with E-state index in [1.165, 1.54) is 32.5 Å². The summed E-state index contributed by atoms with van der Waals surface area (Å²) in [6.45, 7) is 3.63. The third-order valence-electron chi connectivity index (χ3n) is 5.68. The molecule has 4 fully saturated rings. The predicted molar refractivity (Wildman–Crippen MR) is 94.3 cm³/mol. The first-order valence-corrected chi connectivity index (χ1v) is 9.01. The average molecular weight is 350 g/mol. The van der Waals surface area contributed by atoms with Crippen LogP contribution in [0.3, 0.4) is 0 Å². The fraction of sp³-hybridized carbons (Fsp3) is 0.529. The molecule has 3 aliphatic heterocycles. The van der Waals surface area contributed by atoms with Gasteiger partial charge in [-0.25, -0.2) is 4.98 Å². The van der Waals surface area contributed by atoms with Crippen LogP contribution in [-0.2, 0) is 0 Å². The zero-order chi connectivity index (χ0) is 14.7. The molecule has 1 aliphatic carbocycles. The van der Waals surface area contributed by atoms with Gasteiger partial charge in [-0.15, -0.1) is 23.7 Å². The number of amides is 1. The van der Waals surface area contributed by atoms with Crippen molar-refractivity contribution in [3.05, 3.63) is 29.3 Å². The van der Waals surface area contributed by atoms with Crippen molar-refractivity contribution < 1.29 is 4.79 Å². The Hall–Kier alpha value is -1.17. The van der Waals surface area contributed by atoms with E-state index in [9.17, 15) is 4.79 Å². The Morgan fingerprint density at radius 1 is 1.22 bits per heavy atom. The molecule has 6 heteroatoms. The molecule has 1 aromatic carbocycles. The number of hydrogen-bond donors (Lipinski definition) is 1. The number of aromatic nitrogens is 1. The van der Waals surface area contributed by atoms with Gasteiger partial charge in [0.25, 0.3) is 5.91 Å². The topological polar surface area (TPSA) is 45.2 Å². The van der Waals surface area contributed by atoms with Crippen LogP contribution in [0.25, 0.3) is 10.2 Å². The van der Waals surface area contributed by atoms with Crippen molar-refractivity contribution in [3.8, 4) is 0 Å². The van der Waals surface area contributed by atoms with Crippen molar-refractivity contribution in [2.45, 2.75) is 18.9 Å². The molecule has 122 valence electrons. The van der Waals surface area contributed by atoms with Crippen molar-refractivity contribution in [1.82, 2.24) is 15.2 Å². The lowest BCUT2D eigenvalue weighted by Gasteiger charge is -2.55. The number of piperidine rings is 3. The Morgan fingerprint density at radius 3 is 2.74 bits per heavy atom. The smallest absolute Gasteiger partial charge is 0.251 e. The van der Waals surface area contributed by atoms with Gasteiger partial charge in [0.15, 0.2) is 0 Å². The van der Waals surface area contributed by atoms with Gasteiger partial charge in [0, 0.05) is 31.2 Å². The number of carbonyl (C=O) groups is 1. The molecule has 4 aliphatic rings. The molecular weight excluding hydrogens is 330 g/mol. The van der Waals surface area contributed by atoms with Crippen LogP contribution >= 0.6 is 23.7 Å². The van der Waals surface area contributed by atoms with E-state index in [-0.39, 0.29) is 18.3 Å². The number of thiazole rings is 1. The Labute approximate surface area is 145 Å². The summed E-state index contributed by atoms with van der Waals surface area (Å²) in [7, 11) is 0. The third kappa shape index (κ3) is 2.55. The number of rotatable bonds is 2. The molecule has 6 rings (SSSR count). The maximum Gasteiger partial charge on any atom is 0.251 e. The molecule has 4 heterocycles. The Morgan fingerprint density at radius 2 is 2.00 bits per heavy atom. The van der Waals surface area contributed by atoms with E-state index in [1.807, 2.05) is 23.7 Å². The normalized spacial score (nSPS) is 34.3. The summed E-state index contributed by atoms with van der Waals surface area (Å²) in [5.41, 5.74) is 3.58. The summed E-state index contributed by atoms with van der Waals surface area (Å²) >= 11 is 1.59. The molecule has 1 aromatic heterocycles. The highest BCUT2D eigenvalue weighted by Gasteiger charge is 2.47. The molecule has 0 unspecified atom stereocenters. The minimum absolute atomic E-state index is 0. The van der Waals surface area contributed by atoms with E-state index in [0.29, 0.717) is 17.9 Å². The molecule has 0 radical (unpaired) electrons. The van der Waals surface area contributed by atoms with Gasteiger partial charge in [-0.3, -0.25) is 4.79 Å². The minimum atomic E-state index is 0. The molecule has 2 aromatic rings. The molecule has 4 nitrogen and oxygen atoms in total. The molecule has 1 saturated carbocycles. The van der Waals surface area contributed by atoms with Crippen LogP contribution in [0.4, 0.5) is 0 Å². The SMILES string of the molecule is Cl.O=C(NC1[C@H]2CC3C[C@H]1CN(C3)C2)c1ccc2ncsc2c1. The summed E-state index contributed by atoms with van der Waals surface area (Å²) in [5, 5.41) is 3.35. The van der Waals surface area contributed by atoms with E-state index in [2.05, 4.69) is 15.2 Å². The Bertz CT molecular complexity index is 718. The Kier molecular flexibility index (Phi) is 3.82. The van der Waals surface area contributed by atoms with Crippen LogP contribution in [0.5, 0.6) is 0 Å². The minimum Gasteiger partial charge on any atom is -0.349 e. The lowest BCUT2D eigenvalue weighted by atomic mass is 9.65. The third-order valence-corrected chi connectivity index (χ3v) is 6.47. The average Bonchev–Trinajstić information content (AvgIpc) is 2.97. The van der Waals surface area contributed by atoms with Crippen molar-refractivity contribution in [2.75, 3.05) is 19.6 Å². The van der Waals surface area contributed by atoms with E-state index in [1.54, 1.807) is 11.3 Å². The van der Waals surface area contributed by atoms with E-state index in [4.69, 9.17) is 0 Å². The second kappa shape index (κ2) is 5.72. The predicted octanol–water partition coefficient (Wildman–Crippen LogP) is 2.79. The Balaban J connectivity index is 0.00000135. The molecule has 1 N–H and O–H groups in total. The zero-order valence-electron chi connectivity index (χ0n) is 12.8. The summed E-state index contributed by atoms with van der Waals surface area (Å²) in [5.74, 6) is 2.27. The van der Waals surface area contributed by atoms with Crippen molar-refractivity contribution in [1.29, 1.82) is 0 Å². The van der Waals surface area contributed by atoms with Crippen LogP contribution in [-0.4, -0.2) is 41.5 Å². The first-order chi connectivity index (χ1) is 10.8. The van der Waals surface area contributed by atoms with Gasteiger partial charge in [-0.2, -0.15) is 0 Å². The largest absolute Gasteiger partial charge is 0.349 e. The van der Waals surface area contributed by atoms with Gasteiger partial charge in [0.1, 0.15) is 0 Å². The van der Waals surface area contributed by atoms with Crippen LogP contribution < -0.4 is 5.32 Å². The number of hydrogen-bond acceptors (Lipinski definition) is 4. The molecule has 2 atom stereocenters. The van der Waals surface area contributed by atoms with Crippen LogP contribution in [0.2, 0.25) is 0 Å². The van der Waals surface area contributed by atoms with E-state index < -0.39 is 0 Å². The first kappa shape index (κ1) is 15.4. The summed E-state index contributed by atoms with van der Waals surface area (Å²) in [6.07, 6.45) is 2.59. The van der Waals surface area contributed by atoms with Gasteiger partial charge in [-0.05, 0) is 48.8 Å². The standard InChI is InChI=1S/C17H19N3OS.ClH/c21-17(11-1-2-14-15(5-11)22-9-18-14)19-16-12-3-10-4-13(16)8-20(6-10)7-12;/h1-2,5,9-10,12-13,16H,3-4,6-8H2,(H,19,21);1H/t10?,12-,13-,16?;/m0./s1. The second-order valence-corrected chi connectivity index (χ2v) is 8.00. The monoisotopic (exact) mass is 349 g/mol.